The van der Waals surface area contributed by atoms with E-state index in [2.05, 4.69) is 14.8 Å². The number of aryl methyl sites for hydroxylation is 1. The van der Waals surface area contributed by atoms with Gasteiger partial charge in [0.05, 0.1) is 18.0 Å². The predicted molar refractivity (Wildman–Crippen MR) is 97.2 cm³/mol. The minimum Gasteiger partial charge on any atom is -0.268 e. The van der Waals surface area contributed by atoms with Crippen molar-refractivity contribution in [3.8, 4) is 11.3 Å². The molecule has 9 heteroatoms. The molecule has 0 aliphatic heterocycles. The lowest BCUT2D eigenvalue weighted by Gasteiger charge is -2.08. The number of aromatic nitrogens is 3. The van der Waals surface area contributed by atoms with E-state index in [-0.39, 0.29) is 12.1 Å². The van der Waals surface area contributed by atoms with E-state index in [4.69, 9.17) is 0 Å². The molecular weight excluding hydrogens is 374 g/mol. The van der Waals surface area contributed by atoms with Crippen molar-refractivity contribution in [1.29, 1.82) is 0 Å². The van der Waals surface area contributed by atoms with Crippen molar-refractivity contribution in [2.45, 2.75) is 19.2 Å². The minimum absolute atomic E-state index is 0.0512. The van der Waals surface area contributed by atoms with Crippen LogP contribution >= 0.6 is 0 Å². The number of nitrogens with zero attached hydrogens (tertiary/aromatic N) is 3. The summed E-state index contributed by atoms with van der Waals surface area (Å²) in [6.07, 6.45) is 3.35. The Labute approximate surface area is 155 Å². The predicted octanol–water partition coefficient (Wildman–Crippen LogP) is 2.65. The summed E-state index contributed by atoms with van der Waals surface area (Å²) >= 11 is 0. The summed E-state index contributed by atoms with van der Waals surface area (Å²) in [5, 5.41) is 4.46. The normalized spacial score (nSPS) is 11.7. The van der Waals surface area contributed by atoms with Crippen LogP contribution in [0, 0.1) is 18.6 Å². The van der Waals surface area contributed by atoms with Crippen molar-refractivity contribution < 1.29 is 17.2 Å². The smallest absolute Gasteiger partial charge is 0.215 e. The molecule has 0 spiro atoms. The minimum atomic E-state index is -3.73. The van der Waals surface area contributed by atoms with Crippen LogP contribution in [0.4, 0.5) is 8.78 Å². The maximum Gasteiger partial charge on any atom is 0.215 e. The zero-order chi connectivity index (χ0) is 19.4. The molecule has 0 bridgehead atoms. The summed E-state index contributed by atoms with van der Waals surface area (Å²) in [6, 6.07) is 8.28. The van der Waals surface area contributed by atoms with Gasteiger partial charge in [-0.05, 0) is 42.8 Å². The van der Waals surface area contributed by atoms with Gasteiger partial charge in [-0.2, -0.15) is 5.10 Å². The average Bonchev–Trinajstić information content (AvgIpc) is 2.95. The SMILES string of the molecule is Cc1cc(-c2ccncc2)nn1CCNS(=O)(=O)Cc1cc(F)cc(F)c1. The molecule has 3 rings (SSSR count). The molecule has 27 heavy (non-hydrogen) atoms. The van der Waals surface area contributed by atoms with Crippen LogP contribution in [0.1, 0.15) is 11.3 Å². The molecule has 1 N–H and O–H groups in total. The van der Waals surface area contributed by atoms with Crippen molar-refractivity contribution in [2.24, 2.45) is 0 Å². The topological polar surface area (TPSA) is 76.9 Å². The number of sulfonamides is 1. The second-order valence-electron chi connectivity index (χ2n) is 6.06. The average molecular weight is 392 g/mol. The van der Waals surface area contributed by atoms with Gasteiger partial charge in [0.15, 0.2) is 0 Å². The molecule has 3 aromatic rings. The van der Waals surface area contributed by atoms with Crippen LogP contribution in [0.25, 0.3) is 11.3 Å². The van der Waals surface area contributed by atoms with Crippen molar-refractivity contribution in [3.63, 3.8) is 0 Å². The third-order valence-corrected chi connectivity index (χ3v) is 5.24. The van der Waals surface area contributed by atoms with Gasteiger partial charge in [0, 0.05) is 36.3 Å². The molecule has 0 saturated carbocycles. The van der Waals surface area contributed by atoms with E-state index in [1.54, 1.807) is 17.1 Å². The molecule has 2 heterocycles. The van der Waals surface area contributed by atoms with Gasteiger partial charge in [0.25, 0.3) is 0 Å². The quantitative estimate of drug-likeness (QED) is 0.671. The van der Waals surface area contributed by atoms with Gasteiger partial charge in [-0.25, -0.2) is 21.9 Å². The highest BCUT2D eigenvalue weighted by molar-refractivity contribution is 7.88. The van der Waals surface area contributed by atoms with Gasteiger partial charge in [-0.3, -0.25) is 9.67 Å². The van der Waals surface area contributed by atoms with E-state index < -0.39 is 27.4 Å². The Bertz CT molecular complexity index is 1020. The fraction of sp³-hybridized carbons (Fsp3) is 0.222. The van der Waals surface area contributed by atoms with Crippen LogP contribution in [0.2, 0.25) is 0 Å². The van der Waals surface area contributed by atoms with Crippen molar-refractivity contribution >= 4 is 10.0 Å². The second kappa shape index (κ2) is 7.93. The lowest BCUT2D eigenvalue weighted by atomic mass is 10.2. The second-order valence-corrected chi connectivity index (χ2v) is 7.87. The summed E-state index contributed by atoms with van der Waals surface area (Å²) in [6.45, 7) is 2.31. The molecule has 0 saturated heterocycles. The molecule has 6 nitrogen and oxygen atoms in total. The van der Waals surface area contributed by atoms with Gasteiger partial charge in [-0.15, -0.1) is 0 Å². The van der Waals surface area contributed by atoms with E-state index in [9.17, 15) is 17.2 Å². The highest BCUT2D eigenvalue weighted by Crippen LogP contribution is 2.17. The van der Waals surface area contributed by atoms with Crippen LogP contribution in [0.3, 0.4) is 0 Å². The number of pyridine rings is 1. The highest BCUT2D eigenvalue weighted by Gasteiger charge is 2.14. The summed E-state index contributed by atoms with van der Waals surface area (Å²) in [5.41, 5.74) is 2.62. The maximum atomic E-state index is 13.2. The fourth-order valence-electron chi connectivity index (χ4n) is 2.67. The first-order chi connectivity index (χ1) is 12.8. The van der Waals surface area contributed by atoms with E-state index in [0.717, 1.165) is 29.1 Å². The number of hydrogen-bond donors (Lipinski definition) is 1. The largest absolute Gasteiger partial charge is 0.268 e. The van der Waals surface area contributed by atoms with E-state index in [1.807, 2.05) is 25.1 Å². The molecule has 2 aromatic heterocycles. The first-order valence-corrected chi connectivity index (χ1v) is 9.85. The molecule has 0 unspecified atom stereocenters. The number of hydrogen-bond acceptors (Lipinski definition) is 4. The Morgan fingerprint density at radius 2 is 1.74 bits per heavy atom. The first kappa shape index (κ1) is 19.1. The van der Waals surface area contributed by atoms with Crippen LogP contribution in [-0.2, 0) is 22.3 Å². The number of halogens is 2. The van der Waals surface area contributed by atoms with Crippen LogP contribution in [0.15, 0.2) is 48.8 Å². The number of nitrogens with one attached hydrogen (secondary N) is 1. The molecule has 0 aliphatic carbocycles. The molecule has 1 aromatic carbocycles. The molecule has 142 valence electrons. The Balaban J connectivity index is 1.61. The molecule has 0 amide bonds. The Kier molecular flexibility index (Phi) is 5.62. The van der Waals surface area contributed by atoms with E-state index >= 15 is 0 Å². The Morgan fingerprint density at radius 3 is 2.41 bits per heavy atom. The molecular formula is C18H18F2N4O2S. The number of rotatable bonds is 7. The van der Waals surface area contributed by atoms with Gasteiger partial charge in [-0.1, -0.05) is 0 Å². The lowest BCUT2D eigenvalue weighted by Crippen LogP contribution is -2.29. The standard InChI is InChI=1S/C18H18F2N4O2S/c1-13-8-18(15-2-4-21-5-3-15)23-24(13)7-6-22-27(25,26)12-14-9-16(19)11-17(20)10-14/h2-5,8-11,22H,6-7,12H2,1H3. The molecule has 0 aliphatic rings. The monoisotopic (exact) mass is 392 g/mol. The van der Waals surface area contributed by atoms with Crippen molar-refractivity contribution in [1.82, 2.24) is 19.5 Å². The third kappa shape index (κ3) is 5.18. The lowest BCUT2D eigenvalue weighted by molar-refractivity contribution is 0.554. The van der Waals surface area contributed by atoms with Gasteiger partial charge in [0.2, 0.25) is 10.0 Å². The summed E-state index contributed by atoms with van der Waals surface area (Å²) < 4.78 is 54.8. The third-order valence-electron chi connectivity index (χ3n) is 3.88. The number of benzene rings is 1. The van der Waals surface area contributed by atoms with Gasteiger partial charge < -0.3 is 0 Å². The Hall–Kier alpha value is -2.65. The fourth-order valence-corrected chi connectivity index (χ4v) is 3.78. The molecule has 0 radical (unpaired) electrons. The Morgan fingerprint density at radius 1 is 1.07 bits per heavy atom. The first-order valence-electron chi connectivity index (χ1n) is 8.19. The summed E-state index contributed by atoms with van der Waals surface area (Å²) in [7, 11) is -3.73. The molecule has 0 atom stereocenters. The van der Waals surface area contributed by atoms with E-state index in [0.29, 0.717) is 12.6 Å². The van der Waals surface area contributed by atoms with Crippen molar-refractivity contribution in [2.75, 3.05) is 6.54 Å². The van der Waals surface area contributed by atoms with Gasteiger partial charge >= 0.3 is 0 Å². The maximum absolute atomic E-state index is 13.2. The zero-order valence-electron chi connectivity index (χ0n) is 14.6. The van der Waals surface area contributed by atoms with E-state index in [1.165, 1.54) is 0 Å². The zero-order valence-corrected chi connectivity index (χ0v) is 15.4. The molecule has 0 fully saturated rings. The van der Waals surface area contributed by atoms with Gasteiger partial charge in [0.1, 0.15) is 11.6 Å². The van der Waals surface area contributed by atoms with Crippen LogP contribution in [-0.4, -0.2) is 29.7 Å². The van der Waals surface area contributed by atoms with Crippen LogP contribution < -0.4 is 4.72 Å². The van der Waals surface area contributed by atoms with Crippen molar-refractivity contribution in [3.05, 3.63) is 71.7 Å². The van der Waals surface area contributed by atoms with Crippen LogP contribution in [0.5, 0.6) is 0 Å². The summed E-state index contributed by atoms with van der Waals surface area (Å²) in [5.74, 6) is -2.12. The summed E-state index contributed by atoms with van der Waals surface area (Å²) in [4.78, 5) is 3.96. The highest BCUT2D eigenvalue weighted by atomic mass is 32.2.